The van der Waals surface area contributed by atoms with Gasteiger partial charge in [-0.2, -0.15) is 0 Å². The summed E-state index contributed by atoms with van der Waals surface area (Å²) in [5, 5.41) is 3.41. The van der Waals surface area contributed by atoms with Crippen molar-refractivity contribution in [2.75, 3.05) is 17.6 Å². The Morgan fingerprint density at radius 3 is 2.67 bits per heavy atom. The van der Waals surface area contributed by atoms with Gasteiger partial charge in [0.25, 0.3) is 0 Å². The predicted molar refractivity (Wildman–Crippen MR) is 71.2 cm³/mol. The molecule has 2 nitrogen and oxygen atoms in total. The summed E-state index contributed by atoms with van der Waals surface area (Å²) in [5.41, 5.74) is 8.88. The lowest BCUT2D eigenvalue weighted by atomic mass is 10.1. The standard InChI is InChI=1S/C12H19BrN2/c1-8(2)4-5-15-12-6-9(3)11(14)7-10(12)13/h6-8,15H,4-5,14H2,1-3H3. The van der Waals surface area contributed by atoms with Gasteiger partial charge in [-0.3, -0.25) is 0 Å². The molecule has 0 saturated heterocycles. The molecule has 0 amide bonds. The lowest BCUT2D eigenvalue weighted by Crippen LogP contribution is -2.06. The van der Waals surface area contributed by atoms with Crippen molar-refractivity contribution in [3.63, 3.8) is 0 Å². The minimum absolute atomic E-state index is 0.728. The van der Waals surface area contributed by atoms with E-state index in [1.807, 2.05) is 13.0 Å². The van der Waals surface area contributed by atoms with Gasteiger partial charge in [0.1, 0.15) is 0 Å². The molecule has 1 aromatic carbocycles. The highest BCUT2D eigenvalue weighted by molar-refractivity contribution is 9.10. The summed E-state index contributed by atoms with van der Waals surface area (Å²) in [7, 11) is 0. The van der Waals surface area contributed by atoms with Gasteiger partial charge < -0.3 is 11.1 Å². The molecule has 0 aliphatic heterocycles. The van der Waals surface area contributed by atoms with Crippen molar-refractivity contribution in [3.05, 3.63) is 22.2 Å². The van der Waals surface area contributed by atoms with E-state index in [0.29, 0.717) is 0 Å². The Balaban J connectivity index is 2.65. The highest BCUT2D eigenvalue weighted by atomic mass is 79.9. The maximum atomic E-state index is 5.81. The number of aryl methyl sites for hydroxylation is 1. The molecule has 3 heteroatoms. The zero-order valence-electron chi connectivity index (χ0n) is 9.60. The van der Waals surface area contributed by atoms with Crippen LogP contribution in [0.2, 0.25) is 0 Å². The van der Waals surface area contributed by atoms with Gasteiger partial charge in [0, 0.05) is 22.4 Å². The molecule has 0 atom stereocenters. The van der Waals surface area contributed by atoms with E-state index < -0.39 is 0 Å². The predicted octanol–water partition coefficient (Wildman–Crippen LogP) is 3.80. The number of halogens is 1. The van der Waals surface area contributed by atoms with Gasteiger partial charge in [0.05, 0.1) is 0 Å². The van der Waals surface area contributed by atoms with Crippen LogP contribution in [0.3, 0.4) is 0 Å². The maximum absolute atomic E-state index is 5.81. The average Bonchev–Trinajstić information content (AvgIpc) is 2.13. The first kappa shape index (κ1) is 12.4. The number of benzene rings is 1. The zero-order valence-corrected chi connectivity index (χ0v) is 11.2. The summed E-state index contributed by atoms with van der Waals surface area (Å²) in [4.78, 5) is 0. The third-order valence-corrected chi connectivity index (χ3v) is 3.05. The summed E-state index contributed by atoms with van der Waals surface area (Å²) < 4.78 is 1.04. The van der Waals surface area contributed by atoms with Gasteiger partial charge in [0.15, 0.2) is 0 Å². The van der Waals surface area contributed by atoms with Gasteiger partial charge in [-0.1, -0.05) is 13.8 Å². The molecular weight excluding hydrogens is 252 g/mol. The summed E-state index contributed by atoms with van der Waals surface area (Å²) in [6, 6.07) is 4.03. The van der Waals surface area contributed by atoms with Crippen LogP contribution in [0.25, 0.3) is 0 Å². The zero-order chi connectivity index (χ0) is 11.4. The second-order valence-corrected chi connectivity index (χ2v) is 5.15. The van der Waals surface area contributed by atoms with Crippen LogP contribution >= 0.6 is 15.9 Å². The van der Waals surface area contributed by atoms with Gasteiger partial charge in [-0.05, 0) is 52.9 Å². The quantitative estimate of drug-likeness (QED) is 0.817. The van der Waals surface area contributed by atoms with Crippen LogP contribution in [0, 0.1) is 12.8 Å². The van der Waals surface area contributed by atoms with Crippen LogP contribution in [0.4, 0.5) is 11.4 Å². The molecule has 0 spiro atoms. The van der Waals surface area contributed by atoms with E-state index in [2.05, 4.69) is 41.2 Å². The molecule has 15 heavy (non-hydrogen) atoms. The van der Waals surface area contributed by atoms with Crippen LogP contribution < -0.4 is 11.1 Å². The Hall–Kier alpha value is -0.700. The van der Waals surface area contributed by atoms with Crippen molar-refractivity contribution >= 4 is 27.3 Å². The van der Waals surface area contributed by atoms with Crippen molar-refractivity contribution < 1.29 is 0 Å². The van der Waals surface area contributed by atoms with Gasteiger partial charge in [-0.15, -0.1) is 0 Å². The van der Waals surface area contributed by atoms with E-state index in [1.165, 1.54) is 6.42 Å². The fraction of sp³-hybridized carbons (Fsp3) is 0.500. The molecule has 0 unspecified atom stereocenters. The smallest absolute Gasteiger partial charge is 0.0488 e. The topological polar surface area (TPSA) is 38.0 Å². The van der Waals surface area contributed by atoms with Gasteiger partial charge >= 0.3 is 0 Å². The van der Waals surface area contributed by atoms with Crippen LogP contribution in [0.5, 0.6) is 0 Å². The molecule has 0 aliphatic carbocycles. The largest absolute Gasteiger partial charge is 0.398 e. The third kappa shape index (κ3) is 3.74. The Kier molecular flexibility index (Phi) is 4.45. The lowest BCUT2D eigenvalue weighted by Gasteiger charge is -2.12. The first-order valence-corrected chi connectivity index (χ1v) is 6.09. The van der Waals surface area contributed by atoms with Crippen molar-refractivity contribution in [2.45, 2.75) is 27.2 Å². The van der Waals surface area contributed by atoms with E-state index in [0.717, 1.165) is 33.9 Å². The van der Waals surface area contributed by atoms with Crippen LogP contribution in [0.1, 0.15) is 25.8 Å². The maximum Gasteiger partial charge on any atom is 0.0488 e. The number of nitrogens with one attached hydrogen (secondary N) is 1. The highest BCUT2D eigenvalue weighted by Gasteiger charge is 2.03. The highest BCUT2D eigenvalue weighted by Crippen LogP contribution is 2.27. The molecule has 84 valence electrons. The minimum Gasteiger partial charge on any atom is -0.398 e. The number of nitrogen functional groups attached to an aromatic ring is 1. The minimum atomic E-state index is 0.728. The molecule has 0 aliphatic rings. The van der Waals surface area contributed by atoms with Gasteiger partial charge in [-0.25, -0.2) is 0 Å². The Morgan fingerprint density at radius 2 is 2.07 bits per heavy atom. The first-order valence-electron chi connectivity index (χ1n) is 5.30. The SMILES string of the molecule is Cc1cc(NCCC(C)C)c(Br)cc1N. The fourth-order valence-corrected chi connectivity index (χ4v) is 1.83. The molecule has 0 fully saturated rings. The molecule has 0 saturated carbocycles. The van der Waals surface area contributed by atoms with Crippen molar-refractivity contribution in [1.29, 1.82) is 0 Å². The van der Waals surface area contributed by atoms with E-state index in [4.69, 9.17) is 5.73 Å². The number of hydrogen-bond donors (Lipinski definition) is 2. The van der Waals surface area contributed by atoms with Crippen molar-refractivity contribution in [2.24, 2.45) is 5.92 Å². The monoisotopic (exact) mass is 270 g/mol. The Bertz CT molecular complexity index is 335. The molecule has 0 radical (unpaired) electrons. The fourth-order valence-electron chi connectivity index (χ4n) is 1.33. The normalized spacial score (nSPS) is 10.7. The molecule has 0 heterocycles. The summed E-state index contributed by atoms with van der Waals surface area (Å²) in [6.07, 6.45) is 1.18. The van der Waals surface area contributed by atoms with Crippen molar-refractivity contribution in [1.82, 2.24) is 0 Å². The molecule has 3 N–H and O–H groups in total. The second-order valence-electron chi connectivity index (χ2n) is 4.30. The van der Waals surface area contributed by atoms with Crippen molar-refractivity contribution in [3.8, 4) is 0 Å². The summed E-state index contributed by atoms with van der Waals surface area (Å²) >= 11 is 3.51. The number of anilines is 2. The average molecular weight is 271 g/mol. The number of rotatable bonds is 4. The number of hydrogen-bond acceptors (Lipinski definition) is 2. The molecule has 0 bridgehead atoms. The first-order chi connectivity index (χ1) is 7.00. The third-order valence-electron chi connectivity index (χ3n) is 2.39. The molecule has 1 rings (SSSR count). The summed E-state index contributed by atoms with van der Waals surface area (Å²) in [6.45, 7) is 7.48. The van der Waals surface area contributed by atoms with E-state index in [9.17, 15) is 0 Å². The van der Waals surface area contributed by atoms with E-state index in [-0.39, 0.29) is 0 Å². The van der Waals surface area contributed by atoms with Crippen LogP contribution in [-0.2, 0) is 0 Å². The van der Waals surface area contributed by atoms with Crippen LogP contribution in [-0.4, -0.2) is 6.54 Å². The van der Waals surface area contributed by atoms with E-state index in [1.54, 1.807) is 0 Å². The van der Waals surface area contributed by atoms with E-state index >= 15 is 0 Å². The summed E-state index contributed by atoms with van der Waals surface area (Å²) in [5.74, 6) is 0.728. The molecule has 1 aromatic rings. The molecular formula is C12H19BrN2. The Morgan fingerprint density at radius 1 is 1.40 bits per heavy atom. The molecule has 0 aromatic heterocycles. The van der Waals surface area contributed by atoms with Gasteiger partial charge in [0.2, 0.25) is 0 Å². The Labute approximate surface area is 100 Å². The number of nitrogens with two attached hydrogens (primary N) is 1. The van der Waals surface area contributed by atoms with Crippen LogP contribution in [0.15, 0.2) is 16.6 Å². The second kappa shape index (κ2) is 5.40. The lowest BCUT2D eigenvalue weighted by molar-refractivity contribution is 0.607.